The van der Waals surface area contributed by atoms with Crippen LogP contribution in [0.5, 0.6) is 0 Å². The molecule has 0 saturated carbocycles. The third-order valence-electron chi connectivity index (χ3n) is 2.92. The third kappa shape index (κ3) is 2.33. The number of nitrogens with zero attached hydrogens (tertiary/aromatic N) is 4. The maximum absolute atomic E-state index is 7.64. The first-order valence-electron chi connectivity index (χ1n) is 6.22. The van der Waals surface area contributed by atoms with Crippen LogP contribution in [0.2, 0.25) is 0 Å². The molecule has 0 unspecified atom stereocenters. The molecule has 3 rings (SSSR count). The van der Waals surface area contributed by atoms with Gasteiger partial charge in [0.05, 0.1) is 35.2 Å². The van der Waals surface area contributed by atoms with Gasteiger partial charge >= 0.3 is 0 Å². The minimum absolute atomic E-state index is 0.450. The number of hydrogen-bond donors (Lipinski definition) is 1. The van der Waals surface area contributed by atoms with E-state index in [4.69, 9.17) is 5.41 Å². The highest BCUT2D eigenvalue weighted by Gasteiger charge is 2.06. The Hall–Kier alpha value is -2.82. The van der Waals surface area contributed by atoms with E-state index in [2.05, 4.69) is 15.1 Å². The molecule has 0 aliphatic heterocycles. The molecule has 20 heavy (non-hydrogen) atoms. The van der Waals surface area contributed by atoms with Crippen molar-refractivity contribution in [1.82, 2.24) is 19.7 Å². The van der Waals surface area contributed by atoms with Gasteiger partial charge in [-0.3, -0.25) is 4.98 Å². The minimum atomic E-state index is 0.450. The standard InChI is InChI=1S/C15H13N5/c1-11(16)14-5-2-6-15(19-14)12-8-18-20(10-12)13-4-3-7-17-9-13/h2-10,16H,1H3. The predicted molar refractivity (Wildman–Crippen MR) is 77.1 cm³/mol. The quantitative estimate of drug-likeness (QED) is 0.739. The second kappa shape index (κ2) is 5.05. The highest BCUT2D eigenvalue weighted by Crippen LogP contribution is 2.18. The lowest BCUT2D eigenvalue weighted by atomic mass is 10.2. The lowest BCUT2D eigenvalue weighted by molar-refractivity contribution is 0.874. The summed E-state index contributed by atoms with van der Waals surface area (Å²) in [6, 6.07) is 9.45. The van der Waals surface area contributed by atoms with E-state index in [0.717, 1.165) is 16.9 Å². The highest BCUT2D eigenvalue weighted by molar-refractivity contribution is 5.94. The maximum Gasteiger partial charge on any atom is 0.0841 e. The third-order valence-corrected chi connectivity index (χ3v) is 2.92. The molecule has 0 radical (unpaired) electrons. The van der Waals surface area contributed by atoms with Crippen molar-refractivity contribution in [1.29, 1.82) is 5.41 Å². The van der Waals surface area contributed by atoms with Crippen molar-refractivity contribution >= 4 is 5.71 Å². The van der Waals surface area contributed by atoms with E-state index in [-0.39, 0.29) is 0 Å². The molecule has 3 aromatic rings. The summed E-state index contributed by atoms with van der Waals surface area (Å²) >= 11 is 0. The number of rotatable bonds is 3. The molecule has 0 saturated heterocycles. The first-order valence-corrected chi connectivity index (χ1v) is 6.22. The van der Waals surface area contributed by atoms with Gasteiger partial charge in [-0.05, 0) is 31.2 Å². The average Bonchev–Trinajstić information content (AvgIpc) is 2.98. The fraction of sp³-hybridized carbons (Fsp3) is 0.0667. The molecule has 0 fully saturated rings. The van der Waals surface area contributed by atoms with E-state index < -0.39 is 0 Å². The Labute approximate surface area is 116 Å². The van der Waals surface area contributed by atoms with E-state index in [9.17, 15) is 0 Å². The van der Waals surface area contributed by atoms with Crippen molar-refractivity contribution in [3.05, 3.63) is 60.8 Å². The van der Waals surface area contributed by atoms with E-state index in [0.29, 0.717) is 11.4 Å². The van der Waals surface area contributed by atoms with Gasteiger partial charge in [0.25, 0.3) is 0 Å². The van der Waals surface area contributed by atoms with Gasteiger partial charge in [-0.15, -0.1) is 0 Å². The number of hydrogen-bond acceptors (Lipinski definition) is 4. The molecular weight excluding hydrogens is 250 g/mol. The monoisotopic (exact) mass is 263 g/mol. The van der Waals surface area contributed by atoms with Crippen LogP contribution in [0.4, 0.5) is 0 Å². The molecule has 3 aromatic heterocycles. The minimum Gasteiger partial charge on any atom is -0.303 e. The first-order chi connectivity index (χ1) is 9.74. The van der Waals surface area contributed by atoms with Crippen LogP contribution in [0.25, 0.3) is 16.9 Å². The molecule has 3 heterocycles. The van der Waals surface area contributed by atoms with Gasteiger partial charge < -0.3 is 5.41 Å². The van der Waals surface area contributed by atoms with Gasteiger partial charge in [0.15, 0.2) is 0 Å². The zero-order valence-corrected chi connectivity index (χ0v) is 11.0. The van der Waals surface area contributed by atoms with Crippen molar-refractivity contribution in [2.75, 3.05) is 0 Å². The van der Waals surface area contributed by atoms with Crippen LogP contribution in [0.1, 0.15) is 12.6 Å². The van der Waals surface area contributed by atoms with Crippen LogP contribution in [0, 0.1) is 5.41 Å². The average molecular weight is 263 g/mol. The normalized spacial score (nSPS) is 10.4. The van der Waals surface area contributed by atoms with Gasteiger partial charge in [0.2, 0.25) is 0 Å². The fourth-order valence-electron chi connectivity index (χ4n) is 1.89. The van der Waals surface area contributed by atoms with E-state index in [1.54, 1.807) is 30.2 Å². The zero-order chi connectivity index (χ0) is 13.9. The SMILES string of the molecule is CC(=N)c1cccc(-c2cnn(-c3cccnc3)c2)n1. The molecule has 0 aromatic carbocycles. The Morgan fingerprint density at radius 1 is 1.15 bits per heavy atom. The summed E-state index contributed by atoms with van der Waals surface area (Å²) in [5, 5.41) is 12.0. The van der Waals surface area contributed by atoms with Gasteiger partial charge in [-0.2, -0.15) is 5.10 Å². The Morgan fingerprint density at radius 2 is 2.05 bits per heavy atom. The first kappa shape index (κ1) is 12.2. The Balaban J connectivity index is 1.98. The molecule has 0 bridgehead atoms. The van der Waals surface area contributed by atoms with Crippen LogP contribution in [0.15, 0.2) is 55.1 Å². The number of aromatic nitrogens is 4. The topological polar surface area (TPSA) is 67.5 Å². The second-order valence-corrected chi connectivity index (χ2v) is 4.42. The van der Waals surface area contributed by atoms with E-state index >= 15 is 0 Å². The van der Waals surface area contributed by atoms with Crippen molar-refractivity contribution in [3.63, 3.8) is 0 Å². The summed E-state index contributed by atoms with van der Waals surface area (Å²) in [4.78, 5) is 8.53. The Morgan fingerprint density at radius 3 is 2.80 bits per heavy atom. The summed E-state index contributed by atoms with van der Waals surface area (Å²) in [5.74, 6) is 0. The largest absolute Gasteiger partial charge is 0.303 e. The molecule has 0 aliphatic rings. The molecular formula is C15H13N5. The van der Waals surface area contributed by atoms with Crippen molar-refractivity contribution < 1.29 is 0 Å². The predicted octanol–water partition coefficient (Wildman–Crippen LogP) is 2.72. The molecule has 1 N–H and O–H groups in total. The smallest absolute Gasteiger partial charge is 0.0841 e. The maximum atomic E-state index is 7.64. The zero-order valence-electron chi connectivity index (χ0n) is 11.0. The summed E-state index contributed by atoms with van der Waals surface area (Å²) in [6.45, 7) is 1.73. The van der Waals surface area contributed by atoms with Gasteiger partial charge in [0.1, 0.15) is 0 Å². The lowest BCUT2D eigenvalue weighted by Gasteiger charge is -2.01. The van der Waals surface area contributed by atoms with Gasteiger partial charge in [0, 0.05) is 18.0 Å². The number of pyridine rings is 2. The molecule has 0 aliphatic carbocycles. The van der Waals surface area contributed by atoms with E-state index in [1.165, 1.54) is 0 Å². The van der Waals surface area contributed by atoms with Crippen LogP contribution in [-0.4, -0.2) is 25.5 Å². The molecule has 0 amide bonds. The second-order valence-electron chi connectivity index (χ2n) is 4.42. The molecule has 5 heteroatoms. The van der Waals surface area contributed by atoms with Crippen LogP contribution in [0.3, 0.4) is 0 Å². The van der Waals surface area contributed by atoms with E-state index in [1.807, 2.05) is 36.5 Å². The number of nitrogens with one attached hydrogen (secondary N) is 1. The van der Waals surface area contributed by atoms with Crippen molar-refractivity contribution in [2.24, 2.45) is 0 Å². The van der Waals surface area contributed by atoms with Crippen molar-refractivity contribution in [2.45, 2.75) is 6.92 Å². The Kier molecular flexibility index (Phi) is 3.09. The van der Waals surface area contributed by atoms with Crippen LogP contribution in [-0.2, 0) is 0 Å². The van der Waals surface area contributed by atoms with Crippen molar-refractivity contribution in [3.8, 4) is 16.9 Å². The summed E-state index contributed by atoms with van der Waals surface area (Å²) in [6.07, 6.45) is 7.15. The van der Waals surface area contributed by atoms with Crippen LogP contribution >= 0.6 is 0 Å². The molecule has 5 nitrogen and oxygen atoms in total. The highest BCUT2D eigenvalue weighted by atomic mass is 15.3. The Bertz CT molecular complexity index is 746. The molecule has 0 spiro atoms. The van der Waals surface area contributed by atoms with Gasteiger partial charge in [-0.25, -0.2) is 9.67 Å². The molecule has 98 valence electrons. The van der Waals surface area contributed by atoms with Gasteiger partial charge in [-0.1, -0.05) is 6.07 Å². The summed E-state index contributed by atoms with van der Waals surface area (Å²) in [7, 11) is 0. The fourth-order valence-corrected chi connectivity index (χ4v) is 1.89. The molecule has 0 atom stereocenters. The van der Waals surface area contributed by atoms with Crippen LogP contribution < -0.4 is 0 Å². The summed E-state index contributed by atoms with van der Waals surface area (Å²) < 4.78 is 1.76. The lowest BCUT2D eigenvalue weighted by Crippen LogP contribution is -1.97. The summed E-state index contributed by atoms with van der Waals surface area (Å²) in [5.41, 5.74) is 3.75.